The molecule has 3 aliphatic rings. The predicted molar refractivity (Wildman–Crippen MR) is 115 cm³/mol. The summed E-state index contributed by atoms with van der Waals surface area (Å²) in [5, 5.41) is 7.73. The van der Waals surface area contributed by atoms with Crippen molar-refractivity contribution < 1.29 is 9.18 Å². The molecule has 1 amide bonds. The van der Waals surface area contributed by atoms with Crippen LogP contribution in [0.1, 0.15) is 55.4 Å². The molecule has 1 heterocycles. The zero-order chi connectivity index (χ0) is 19.8. The highest BCUT2D eigenvalue weighted by molar-refractivity contribution is 7.16. The van der Waals surface area contributed by atoms with Gasteiger partial charge in [-0.15, -0.1) is 11.3 Å². The van der Waals surface area contributed by atoms with Gasteiger partial charge in [0.2, 0.25) is 5.91 Å². The van der Waals surface area contributed by atoms with E-state index in [4.69, 9.17) is 4.98 Å². The number of anilines is 1. The van der Waals surface area contributed by atoms with Crippen LogP contribution < -0.4 is 10.6 Å². The molecule has 0 spiro atoms. The summed E-state index contributed by atoms with van der Waals surface area (Å²) in [6.07, 6.45) is 9.66. The SMILES string of the molecule is O=C(NC1CCC(CNc2nc3c(s2)CCCc2ccc(F)cc2-3)CC1)C1CC1. The maximum atomic E-state index is 13.8. The smallest absolute Gasteiger partial charge is 0.223 e. The molecule has 0 radical (unpaired) electrons. The average molecular weight is 414 g/mol. The van der Waals surface area contributed by atoms with Crippen molar-refractivity contribution in [1.29, 1.82) is 0 Å². The van der Waals surface area contributed by atoms with Gasteiger partial charge in [0.1, 0.15) is 5.82 Å². The molecule has 4 nitrogen and oxygen atoms in total. The Balaban J connectivity index is 1.18. The van der Waals surface area contributed by atoms with Gasteiger partial charge in [-0.05, 0) is 81.4 Å². The number of hydrogen-bond acceptors (Lipinski definition) is 4. The minimum atomic E-state index is -0.190. The first-order valence-electron chi connectivity index (χ1n) is 11.0. The third-order valence-corrected chi connectivity index (χ3v) is 7.63. The summed E-state index contributed by atoms with van der Waals surface area (Å²) in [6, 6.07) is 5.47. The van der Waals surface area contributed by atoms with Gasteiger partial charge in [0.05, 0.1) is 5.69 Å². The maximum Gasteiger partial charge on any atom is 0.223 e. The normalized spacial score (nSPS) is 23.6. The van der Waals surface area contributed by atoms with Crippen molar-refractivity contribution in [1.82, 2.24) is 10.3 Å². The van der Waals surface area contributed by atoms with Crippen LogP contribution in [0.4, 0.5) is 9.52 Å². The van der Waals surface area contributed by atoms with E-state index in [1.54, 1.807) is 23.5 Å². The van der Waals surface area contributed by atoms with Crippen LogP contribution in [-0.2, 0) is 17.6 Å². The van der Waals surface area contributed by atoms with E-state index in [0.717, 1.165) is 80.7 Å². The molecule has 0 bridgehead atoms. The van der Waals surface area contributed by atoms with Crippen molar-refractivity contribution in [3.8, 4) is 11.3 Å². The van der Waals surface area contributed by atoms with E-state index in [1.807, 2.05) is 6.07 Å². The van der Waals surface area contributed by atoms with Gasteiger partial charge in [0.25, 0.3) is 0 Å². The first kappa shape index (κ1) is 19.0. The average Bonchev–Trinajstić information content (AvgIpc) is 3.52. The number of nitrogens with one attached hydrogen (secondary N) is 2. The summed E-state index contributed by atoms with van der Waals surface area (Å²) in [5.41, 5.74) is 3.14. The van der Waals surface area contributed by atoms with Crippen LogP contribution in [0.5, 0.6) is 0 Å². The van der Waals surface area contributed by atoms with Crippen LogP contribution in [0.3, 0.4) is 0 Å². The van der Waals surface area contributed by atoms with Gasteiger partial charge in [-0.25, -0.2) is 9.37 Å². The molecule has 3 aliphatic carbocycles. The lowest BCUT2D eigenvalue weighted by molar-refractivity contribution is -0.123. The third-order valence-electron chi connectivity index (χ3n) is 6.56. The van der Waals surface area contributed by atoms with Crippen molar-refractivity contribution in [3.05, 3.63) is 34.5 Å². The number of benzene rings is 1. The molecular formula is C23H28FN3OS. The van der Waals surface area contributed by atoms with Crippen LogP contribution >= 0.6 is 11.3 Å². The van der Waals surface area contributed by atoms with Gasteiger partial charge in [0.15, 0.2) is 5.13 Å². The first-order chi connectivity index (χ1) is 14.2. The molecule has 2 saturated carbocycles. The molecule has 6 heteroatoms. The van der Waals surface area contributed by atoms with E-state index >= 15 is 0 Å². The highest BCUT2D eigenvalue weighted by Crippen LogP contribution is 2.38. The Labute approximate surface area is 175 Å². The quantitative estimate of drug-likeness (QED) is 0.730. The molecule has 154 valence electrons. The molecule has 0 atom stereocenters. The van der Waals surface area contributed by atoms with Gasteiger partial charge < -0.3 is 10.6 Å². The molecule has 29 heavy (non-hydrogen) atoms. The van der Waals surface area contributed by atoms with E-state index in [2.05, 4.69) is 10.6 Å². The number of amides is 1. The number of fused-ring (bicyclic) bond motifs is 3. The number of nitrogens with zero attached hydrogens (tertiary/aromatic N) is 1. The Bertz CT molecular complexity index is 900. The Hall–Kier alpha value is -1.95. The summed E-state index contributed by atoms with van der Waals surface area (Å²) < 4.78 is 13.8. The molecule has 2 fully saturated rings. The van der Waals surface area contributed by atoms with Gasteiger partial charge in [-0.3, -0.25) is 4.79 Å². The van der Waals surface area contributed by atoms with Crippen molar-refractivity contribution in [3.63, 3.8) is 0 Å². The number of rotatable bonds is 5. The number of halogens is 1. The minimum absolute atomic E-state index is 0.190. The van der Waals surface area contributed by atoms with Gasteiger partial charge >= 0.3 is 0 Å². The highest BCUT2D eigenvalue weighted by atomic mass is 32.1. The lowest BCUT2D eigenvalue weighted by atomic mass is 9.86. The van der Waals surface area contributed by atoms with Crippen LogP contribution in [0.15, 0.2) is 18.2 Å². The van der Waals surface area contributed by atoms with Crippen molar-refractivity contribution in [2.24, 2.45) is 11.8 Å². The highest BCUT2D eigenvalue weighted by Gasteiger charge is 2.32. The fraction of sp³-hybridized carbons (Fsp3) is 0.565. The van der Waals surface area contributed by atoms with Gasteiger partial charge in [-0.1, -0.05) is 6.07 Å². The molecule has 1 aromatic carbocycles. The van der Waals surface area contributed by atoms with Crippen LogP contribution in [0, 0.1) is 17.7 Å². The van der Waals surface area contributed by atoms with Crippen molar-refractivity contribution in [2.75, 3.05) is 11.9 Å². The van der Waals surface area contributed by atoms with Gasteiger partial charge in [-0.2, -0.15) is 0 Å². The largest absolute Gasteiger partial charge is 0.361 e. The van der Waals surface area contributed by atoms with Gasteiger partial charge in [0, 0.05) is 28.9 Å². The van der Waals surface area contributed by atoms with Crippen molar-refractivity contribution in [2.45, 2.75) is 63.8 Å². The molecule has 1 aromatic heterocycles. The molecule has 5 rings (SSSR count). The molecule has 0 aliphatic heterocycles. The van der Waals surface area contributed by atoms with Crippen LogP contribution in [-0.4, -0.2) is 23.5 Å². The number of carbonyl (C=O) groups is 1. The molecule has 0 unspecified atom stereocenters. The Morgan fingerprint density at radius 2 is 1.97 bits per heavy atom. The van der Waals surface area contributed by atoms with Crippen molar-refractivity contribution >= 4 is 22.4 Å². The number of carbonyl (C=O) groups excluding carboxylic acids is 1. The molecular weight excluding hydrogens is 385 g/mol. The summed E-state index contributed by atoms with van der Waals surface area (Å²) >= 11 is 1.72. The topological polar surface area (TPSA) is 54.0 Å². The molecule has 2 N–H and O–H groups in total. The predicted octanol–water partition coefficient (Wildman–Crippen LogP) is 4.93. The lowest BCUT2D eigenvalue weighted by Gasteiger charge is -2.29. The number of aryl methyl sites for hydroxylation is 2. The Kier molecular flexibility index (Phi) is 5.29. The Morgan fingerprint density at radius 1 is 1.14 bits per heavy atom. The van der Waals surface area contributed by atoms with E-state index in [0.29, 0.717) is 17.9 Å². The summed E-state index contributed by atoms with van der Waals surface area (Å²) in [7, 11) is 0. The van der Waals surface area contributed by atoms with Crippen LogP contribution in [0.25, 0.3) is 11.3 Å². The number of thiazole rings is 1. The lowest BCUT2D eigenvalue weighted by Crippen LogP contribution is -2.39. The number of hydrogen-bond donors (Lipinski definition) is 2. The summed E-state index contributed by atoms with van der Waals surface area (Å²) in [6.45, 7) is 0.922. The standard InChI is InChI=1S/C23H28FN3OS/c24-17-9-8-15-2-1-3-20-21(19(15)12-17)27-23(29-20)25-13-14-4-10-18(11-5-14)26-22(28)16-6-7-16/h8-9,12,14,16,18H,1-7,10-11,13H2,(H,25,27)(H,26,28). The fourth-order valence-corrected chi connectivity index (χ4v) is 5.67. The molecule has 0 saturated heterocycles. The summed E-state index contributed by atoms with van der Waals surface area (Å²) in [5.74, 6) is 1.00. The minimum Gasteiger partial charge on any atom is -0.361 e. The van der Waals surface area contributed by atoms with E-state index in [9.17, 15) is 9.18 Å². The zero-order valence-electron chi connectivity index (χ0n) is 16.7. The second-order valence-corrected chi connectivity index (χ2v) is 9.91. The number of aromatic nitrogens is 1. The maximum absolute atomic E-state index is 13.8. The first-order valence-corrected chi connectivity index (χ1v) is 11.8. The van der Waals surface area contributed by atoms with E-state index in [-0.39, 0.29) is 11.7 Å². The summed E-state index contributed by atoms with van der Waals surface area (Å²) in [4.78, 5) is 18.1. The zero-order valence-corrected chi connectivity index (χ0v) is 17.5. The third kappa shape index (κ3) is 4.32. The van der Waals surface area contributed by atoms with E-state index < -0.39 is 0 Å². The fourth-order valence-electron chi connectivity index (χ4n) is 4.64. The second kappa shape index (κ2) is 8.05. The van der Waals surface area contributed by atoms with Crippen LogP contribution in [0.2, 0.25) is 0 Å². The molecule has 2 aromatic rings. The Morgan fingerprint density at radius 3 is 2.76 bits per heavy atom. The monoisotopic (exact) mass is 413 g/mol. The van der Waals surface area contributed by atoms with E-state index in [1.165, 1.54) is 10.4 Å². The second-order valence-electron chi connectivity index (χ2n) is 8.83.